The normalized spacial score (nSPS) is 14.3. The quantitative estimate of drug-likeness (QED) is 0.405. The summed E-state index contributed by atoms with van der Waals surface area (Å²) in [6, 6.07) is 0. The Labute approximate surface area is 150 Å². The molecule has 0 atom stereocenters. The first-order valence-electron chi connectivity index (χ1n) is 8.04. The van der Waals surface area contributed by atoms with Crippen LogP contribution < -0.4 is 0 Å². The molecule has 0 unspecified atom stereocenters. The molecule has 0 aromatic rings. The van der Waals surface area contributed by atoms with Crippen LogP contribution in [-0.2, 0) is 20.2 Å². The molecular formula is C12H36O5Si6. The van der Waals surface area contributed by atoms with E-state index in [1.165, 1.54) is 0 Å². The lowest BCUT2D eigenvalue weighted by Gasteiger charge is -2.42. The van der Waals surface area contributed by atoms with Crippen LogP contribution in [0.1, 0.15) is 0 Å². The average Bonchev–Trinajstić information content (AvgIpc) is 2.02. The SMILES string of the molecule is C[Si](C)=[O+][Si](C)(C)O[Si](C)(C)O[Si](C)(C)O[Si](C)(C)O[Si-](C)C. The molecule has 0 aromatic heterocycles. The third-order valence-electron chi connectivity index (χ3n) is 2.37. The summed E-state index contributed by atoms with van der Waals surface area (Å²) >= 11 is 0. The van der Waals surface area contributed by atoms with Crippen molar-refractivity contribution in [2.45, 2.75) is 78.6 Å². The van der Waals surface area contributed by atoms with Gasteiger partial charge in [0.05, 0.1) is 0 Å². The Morgan fingerprint density at radius 3 is 1.48 bits per heavy atom. The van der Waals surface area contributed by atoms with Gasteiger partial charge in [-0.1, -0.05) is 0 Å². The Morgan fingerprint density at radius 2 is 1.09 bits per heavy atom. The summed E-state index contributed by atoms with van der Waals surface area (Å²) in [6.07, 6.45) is 0. The second-order valence-corrected chi connectivity index (χ2v) is 26.8. The highest BCUT2D eigenvalue weighted by molar-refractivity contribution is 6.88. The maximum absolute atomic E-state index is 6.43. The third-order valence-corrected chi connectivity index (χ3v) is 21.4. The Kier molecular flexibility index (Phi) is 8.90. The van der Waals surface area contributed by atoms with Gasteiger partial charge in [0.2, 0.25) is 0 Å². The van der Waals surface area contributed by atoms with Crippen molar-refractivity contribution in [3.8, 4) is 0 Å². The second-order valence-electron chi connectivity index (χ2n) is 7.93. The van der Waals surface area contributed by atoms with E-state index in [0.29, 0.717) is 0 Å². The van der Waals surface area contributed by atoms with Crippen LogP contribution in [0.5, 0.6) is 0 Å². The molecule has 0 N–H and O–H groups in total. The lowest BCUT2D eigenvalue weighted by Crippen LogP contribution is -2.57. The average molecular weight is 429 g/mol. The zero-order chi connectivity index (χ0) is 18.7. The number of hydrogen-bond acceptors (Lipinski definition) is 4. The number of rotatable bonds is 9. The van der Waals surface area contributed by atoms with E-state index in [9.17, 15) is 0 Å². The third kappa shape index (κ3) is 12.0. The van der Waals surface area contributed by atoms with Gasteiger partial charge in [0.1, 0.15) is 0 Å². The Balaban J connectivity index is 4.96. The van der Waals surface area contributed by atoms with Crippen molar-refractivity contribution in [1.82, 2.24) is 0 Å². The summed E-state index contributed by atoms with van der Waals surface area (Å²) < 4.78 is 31.3. The smallest absolute Gasteiger partial charge is 0.610 e. The molecule has 0 rings (SSSR count). The van der Waals surface area contributed by atoms with Crippen molar-refractivity contribution in [1.29, 1.82) is 0 Å². The summed E-state index contributed by atoms with van der Waals surface area (Å²) in [4.78, 5) is 0. The molecule has 0 heterocycles. The van der Waals surface area contributed by atoms with Gasteiger partial charge in [0.15, 0.2) is 0 Å². The first-order valence-corrected chi connectivity index (χ1v) is 24.1. The van der Waals surface area contributed by atoms with E-state index in [1.54, 1.807) is 0 Å². The van der Waals surface area contributed by atoms with Gasteiger partial charge in [-0.25, -0.2) is 0 Å². The summed E-state index contributed by atoms with van der Waals surface area (Å²) in [7, 11) is -10.5. The van der Waals surface area contributed by atoms with E-state index in [4.69, 9.17) is 20.2 Å². The highest BCUT2D eigenvalue weighted by Crippen LogP contribution is 2.24. The lowest BCUT2D eigenvalue weighted by molar-refractivity contribution is 0.222. The second kappa shape index (κ2) is 8.55. The summed E-state index contributed by atoms with van der Waals surface area (Å²) in [5, 5.41) is 0. The molecule has 0 amide bonds. The van der Waals surface area contributed by atoms with Crippen molar-refractivity contribution in [3.05, 3.63) is 0 Å². The minimum Gasteiger partial charge on any atom is -0.610 e. The van der Waals surface area contributed by atoms with E-state index in [1.807, 2.05) is 0 Å². The monoisotopic (exact) mass is 428 g/mol. The number of hydrogen-bond donors (Lipinski definition) is 0. The topological polar surface area (TPSA) is 48.2 Å². The van der Waals surface area contributed by atoms with Crippen molar-refractivity contribution < 1.29 is 20.2 Å². The molecule has 0 saturated heterocycles. The molecule has 0 fully saturated rings. The van der Waals surface area contributed by atoms with E-state index < -0.39 is 52.0 Å². The Morgan fingerprint density at radius 1 is 0.696 bits per heavy atom. The van der Waals surface area contributed by atoms with E-state index in [-0.39, 0.29) is 0 Å². The fourth-order valence-electron chi connectivity index (χ4n) is 2.84. The van der Waals surface area contributed by atoms with Crippen LogP contribution in [-0.4, -0.2) is 52.0 Å². The Hall–Kier alpha value is 0.941. The van der Waals surface area contributed by atoms with Crippen molar-refractivity contribution in [2.24, 2.45) is 0 Å². The van der Waals surface area contributed by atoms with Gasteiger partial charge in [0.25, 0.3) is 8.56 Å². The summed E-state index contributed by atoms with van der Waals surface area (Å²) in [6.45, 7) is 25.3. The standard InChI is InChI=1S/C12H36O5Si6/c1-18(2)13-20(5,6)15-22(9,10)17-23(11,12)16-21(7,8)14-19(3)4/h1-12H3. The van der Waals surface area contributed by atoms with Gasteiger partial charge >= 0.3 is 34.4 Å². The van der Waals surface area contributed by atoms with Crippen LogP contribution >= 0.6 is 0 Å². The molecule has 23 heavy (non-hydrogen) atoms. The predicted octanol–water partition coefficient (Wildman–Crippen LogP) is 4.33. The van der Waals surface area contributed by atoms with Gasteiger partial charge in [-0.05, 0) is 39.3 Å². The molecule has 0 aliphatic carbocycles. The van der Waals surface area contributed by atoms with Crippen LogP contribution in [0, 0.1) is 0 Å². The molecule has 5 nitrogen and oxygen atoms in total. The zero-order valence-corrected chi connectivity index (χ0v) is 23.0. The van der Waals surface area contributed by atoms with Gasteiger partial charge in [-0.3, -0.25) is 0 Å². The largest absolute Gasteiger partial charge is 0.631 e. The molecule has 0 saturated carbocycles. The van der Waals surface area contributed by atoms with E-state index in [2.05, 4.69) is 78.6 Å². The minimum atomic E-state index is -2.32. The molecule has 0 aromatic carbocycles. The van der Waals surface area contributed by atoms with Gasteiger partial charge in [-0.2, -0.15) is 13.1 Å². The van der Waals surface area contributed by atoms with Crippen LogP contribution in [0.2, 0.25) is 78.6 Å². The van der Waals surface area contributed by atoms with Gasteiger partial charge < -0.3 is 20.2 Å². The van der Waals surface area contributed by atoms with Crippen LogP contribution in [0.25, 0.3) is 0 Å². The fraction of sp³-hybridized carbons (Fsp3) is 1.00. The molecule has 0 aliphatic rings. The highest BCUT2D eigenvalue weighted by atomic mass is 28.5. The molecule has 0 radical (unpaired) electrons. The van der Waals surface area contributed by atoms with Crippen molar-refractivity contribution in [3.63, 3.8) is 0 Å². The molecule has 0 spiro atoms. The molecule has 0 aliphatic heterocycles. The molecular weight excluding hydrogens is 393 g/mol. The van der Waals surface area contributed by atoms with Crippen LogP contribution in [0.4, 0.5) is 0 Å². The molecule has 11 heteroatoms. The highest BCUT2D eigenvalue weighted by Gasteiger charge is 2.49. The van der Waals surface area contributed by atoms with Gasteiger partial charge in [0, 0.05) is 26.2 Å². The van der Waals surface area contributed by atoms with E-state index in [0.717, 1.165) is 0 Å². The molecule has 138 valence electrons. The predicted molar refractivity (Wildman–Crippen MR) is 110 cm³/mol. The summed E-state index contributed by atoms with van der Waals surface area (Å²) in [5.41, 5.74) is 0. The summed E-state index contributed by atoms with van der Waals surface area (Å²) in [5.74, 6) is 0. The zero-order valence-electron chi connectivity index (χ0n) is 17.0. The van der Waals surface area contributed by atoms with Crippen LogP contribution in [0.3, 0.4) is 0 Å². The maximum Gasteiger partial charge on any atom is 0.631 e. The van der Waals surface area contributed by atoms with E-state index >= 15 is 0 Å². The first-order chi connectivity index (χ1) is 9.95. The van der Waals surface area contributed by atoms with Crippen molar-refractivity contribution in [2.75, 3.05) is 0 Å². The van der Waals surface area contributed by atoms with Crippen molar-refractivity contribution >= 4 is 52.0 Å². The van der Waals surface area contributed by atoms with Gasteiger partial charge in [-0.15, -0.1) is 9.04 Å². The lowest BCUT2D eigenvalue weighted by atomic mass is 11.9. The van der Waals surface area contributed by atoms with Crippen LogP contribution in [0.15, 0.2) is 0 Å². The fourth-order valence-corrected chi connectivity index (χ4v) is 27.1. The first kappa shape index (κ1) is 23.9. The minimum absolute atomic E-state index is 0.774. The maximum atomic E-state index is 6.43. The Bertz CT molecular complexity index is 418. The molecule has 0 bridgehead atoms.